The van der Waals surface area contributed by atoms with E-state index >= 15 is 0 Å². The predicted molar refractivity (Wildman–Crippen MR) is 67.3 cm³/mol. The molecule has 1 atom stereocenters. The Morgan fingerprint density at radius 2 is 2.06 bits per heavy atom. The third kappa shape index (κ3) is 1.88. The van der Waals surface area contributed by atoms with Crippen molar-refractivity contribution in [3.8, 4) is 0 Å². The summed E-state index contributed by atoms with van der Waals surface area (Å²) in [5.74, 6) is -0.120. The van der Waals surface area contributed by atoms with Crippen LogP contribution in [0.5, 0.6) is 0 Å². The molecule has 0 aliphatic carbocycles. The Hall–Kier alpha value is -1.58. The van der Waals surface area contributed by atoms with E-state index in [0.29, 0.717) is 12.1 Å². The van der Waals surface area contributed by atoms with Crippen LogP contribution in [0.4, 0.5) is 5.69 Å². The molecule has 0 radical (unpaired) electrons. The third-order valence-electron chi connectivity index (χ3n) is 3.26. The number of amides is 1. The zero-order valence-electron chi connectivity index (χ0n) is 10.7. The molecule has 1 unspecified atom stereocenters. The molecule has 1 N–H and O–H groups in total. The first-order chi connectivity index (χ1) is 7.91. The molecule has 0 saturated heterocycles. The molecule has 0 fully saturated rings. The summed E-state index contributed by atoms with van der Waals surface area (Å²) in [5.41, 5.74) is 2.28. The SMILES string of the molecule is Cc1cc2c(c(=O)n1C(C)C)NC(=O)C(C)C2. The largest absolute Gasteiger partial charge is 0.321 e. The summed E-state index contributed by atoms with van der Waals surface area (Å²) in [6.07, 6.45) is 0.649. The van der Waals surface area contributed by atoms with Crippen molar-refractivity contribution in [3.05, 3.63) is 27.7 Å². The van der Waals surface area contributed by atoms with E-state index < -0.39 is 0 Å². The van der Waals surface area contributed by atoms with Gasteiger partial charge in [-0.1, -0.05) is 6.92 Å². The lowest BCUT2D eigenvalue weighted by Crippen LogP contribution is -2.36. The summed E-state index contributed by atoms with van der Waals surface area (Å²) in [7, 11) is 0. The van der Waals surface area contributed by atoms with Crippen LogP contribution >= 0.6 is 0 Å². The van der Waals surface area contributed by atoms with Crippen molar-refractivity contribution in [2.45, 2.75) is 40.2 Å². The van der Waals surface area contributed by atoms with Gasteiger partial charge in [0.2, 0.25) is 5.91 Å². The summed E-state index contributed by atoms with van der Waals surface area (Å²) in [4.78, 5) is 23.9. The summed E-state index contributed by atoms with van der Waals surface area (Å²) >= 11 is 0. The van der Waals surface area contributed by atoms with Gasteiger partial charge >= 0.3 is 0 Å². The second-order valence-corrected chi connectivity index (χ2v) is 5.05. The molecule has 1 aliphatic rings. The van der Waals surface area contributed by atoms with E-state index in [1.54, 1.807) is 4.57 Å². The van der Waals surface area contributed by atoms with Crippen LogP contribution in [0.25, 0.3) is 0 Å². The van der Waals surface area contributed by atoms with Crippen molar-refractivity contribution >= 4 is 11.6 Å². The first-order valence-electron chi connectivity index (χ1n) is 5.97. The van der Waals surface area contributed by atoms with Gasteiger partial charge in [-0.15, -0.1) is 0 Å². The first-order valence-corrected chi connectivity index (χ1v) is 5.97. The summed E-state index contributed by atoms with van der Waals surface area (Å²) < 4.78 is 1.72. The molecule has 1 aromatic rings. The molecule has 4 nitrogen and oxygen atoms in total. The molecule has 0 bridgehead atoms. The van der Waals surface area contributed by atoms with Gasteiger partial charge < -0.3 is 9.88 Å². The van der Waals surface area contributed by atoms with Gasteiger partial charge in [-0.05, 0) is 38.8 Å². The van der Waals surface area contributed by atoms with Crippen LogP contribution < -0.4 is 10.9 Å². The van der Waals surface area contributed by atoms with Crippen LogP contribution in [-0.4, -0.2) is 10.5 Å². The summed E-state index contributed by atoms with van der Waals surface area (Å²) in [6, 6.07) is 2.11. The molecular formula is C13H18N2O2. The molecule has 92 valence electrons. The van der Waals surface area contributed by atoms with Gasteiger partial charge in [0.1, 0.15) is 5.69 Å². The van der Waals surface area contributed by atoms with Crippen molar-refractivity contribution in [1.82, 2.24) is 4.57 Å². The Kier molecular flexibility index (Phi) is 2.81. The third-order valence-corrected chi connectivity index (χ3v) is 3.26. The average Bonchev–Trinajstić information content (AvgIpc) is 2.21. The topological polar surface area (TPSA) is 51.1 Å². The van der Waals surface area contributed by atoms with Crippen LogP contribution in [-0.2, 0) is 11.2 Å². The van der Waals surface area contributed by atoms with E-state index in [2.05, 4.69) is 5.32 Å². The number of carbonyl (C=O) groups excluding carboxylic acids is 1. The number of aryl methyl sites for hydroxylation is 1. The Morgan fingerprint density at radius 1 is 1.41 bits per heavy atom. The summed E-state index contributed by atoms with van der Waals surface area (Å²) in [5, 5.41) is 2.73. The van der Waals surface area contributed by atoms with Gasteiger partial charge in [-0.25, -0.2) is 0 Å². The minimum atomic E-state index is -0.0877. The minimum absolute atomic E-state index is 0.0591. The van der Waals surface area contributed by atoms with E-state index in [4.69, 9.17) is 0 Å². The number of nitrogens with zero attached hydrogens (tertiary/aromatic N) is 1. The molecule has 1 amide bonds. The Balaban J connectivity index is 2.64. The number of aromatic nitrogens is 1. The minimum Gasteiger partial charge on any atom is -0.321 e. The van der Waals surface area contributed by atoms with E-state index in [-0.39, 0.29) is 23.4 Å². The molecule has 1 aliphatic heterocycles. The lowest BCUT2D eigenvalue weighted by Gasteiger charge is -2.24. The van der Waals surface area contributed by atoms with Crippen molar-refractivity contribution in [2.75, 3.05) is 5.32 Å². The molecule has 0 spiro atoms. The van der Waals surface area contributed by atoms with Crippen molar-refractivity contribution in [2.24, 2.45) is 5.92 Å². The zero-order chi connectivity index (χ0) is 12.7. The van der Waals surface area contributed by atoms with Gasteiger partial charge in [-0.3, -0.25) is 9.59 Å². The van der Waals surface area contributed by atoms with Crippen LogP contribution in [0.2, 0.25) is 0 Å². The van der Waals surface area contributed by atoms with Gasteiger partial charge in [-0.2, -0.15) is 0 Å². The molecular weight excluding hydrogens is 216 g/mol. The van der Waals surface area contributed by atoms with Crippen LogP contribution in [0.15, 0.2) is 10.9 Å². The molecule has 4 heteroatoms. The van der Waals surface area contributed by atoms with Crippen molar-refractivity contribution < 1.29 is 4.79 Å². The quantitative estimate of drug-likeness (QED) is 0.806. The lowest BCUT2D eigenvalue weighted by atomic mass is 9.95. The molecule has 17 heavy (non-hydrogen) atoms. The molecule has 2 rings (SSSR count). The summed E-state index contributed by atoms with van der Waals surface area (Å²) in [6.45, 7) is 7.74. The van der Waals surface area contributed by atoms with E-state index in [9.17, 15) is 9.59 Å². The number of anilines is 1. The van der Waals surface area contributed by atoms with Crippen molar-refractivity contribution in [1.29, 1.82) is 0 Å². The molecule has 2 heterocycles. The fourth-order valence-electron chi connectivity index (χ4n) is 2.42. The highest BCUT2D eigenvalue weighted by atomic mass is 16.2. The van der Waals surface area contributed by atoms with Gasteiger partial charge in [0.05, 0.1) is 0 Å². The van der Waals surface area contributed by atoms with Gasteiger partial charge in [0.25, 0.3) is 5.56 Å². The highest BCUT2D eigenvalue weighted by Gasteiger charge is 2.26. The van der Waals surface area contributed by atoms with Gasteiger partial charge in [0, 0.05) is 17.7 Å². The fraction of sp³-hybridized carbons (Fsp3) is 0.538. The molecule has 0 aromatic carbocycles. The Morgan fingerprint density at radius 3 is 2.65 bits per heavy atom. The number of carbonyl (C=O) groups is 1. The first kappa shape index (κ1) is 11.9. The highest BCUT2D eigenvalue weighted by Crippen LogP contribution is 2.24. The average molecular weight is 234 g/mol. The maximum absolute atomic E-state index is 12.3. The lowest BCUT2D eigenvalue weighted by molar-refractivity contribution is -0.119. The molecule has 0 saturated carbocycles. The predicted octanol–water partition coefficient (Wildman–Crippen LogP) is 1.87. The maximum Gasteiger partial charge on any atom is 0.275 e. The second kappa shape index (κ2) is 4.02. The van der Waals surface area contributed by atoms with Crippen LogP contribution in [0.1, 0.15) is 38.1 Å². The van der Waals surface area contributed by atoms with Crippen LogP contribution in [0.3, 0.4) is 0 Å². The monoisotopic (exact) mass is 234 g/mol. The normalized spacial score (nSPS) is 19.1. The standard InChI is InChI=1S/C13H18N2O2/c1-7(2)15-9(4)6-10-5-8(3)12(16)14-11(10)13(15)17/h6-8H,5H2,1-4H3,(H,14,16). The van der Waals surface area contributed by atoms with E-state index in [1.165, 1.54) is 0 Å². The highest BCUT2D eigenvalue weighted by molar-refractivity contribution is 5.95. The van der Waals surface area contributed by atoms with Crippen LogP contribution in [0, 0.1) is 12.8 Å². The van der Waals surface area contributed by atoms with E-state index in [0.717, 1.165) is 11.3 Å². The Bertz CT molecular complexity index is 529. The second-order valence-electron chi connectivity index (χ2n) is 5.05. The number of pyridine rings is 1. The number of rotatable bonds is 1. The van der Waals surface area contributed by atoms with E-state index in [1.807, 2.05) is 33.8 Å². The smallest absolute Gasteiger partial charge is 0.275 e. The zero-order valence-corrected chi connectivity index (χ0v) is 10.7. The number of fused-ring (bicyclic) bond motifs is 1. The van der Waals surface area contributed by atoms with Gasteiger partial charge in [0.15, 0.2) is 0 Å². The number of nitrogens with one attached hydrogen (secondary N) is 1. The van der Waals surface area contributed by atoms with Crippen molar-refractivity contribution in [3.63, 3.8) is 0 Å². The number of hydrogen-bond acceptors (Lipinski definition) is 2. The maximum atomic E-state index is 12.3. The number of hydrogen-bond donors (Lipinski definition) is 1. The fourth-order valence-corrected chi connectivity index (χ4v) is 2.42. The molecule has 1 aromatic heterocycles. The Labute approximate surface area is 101 Å².